The Bertz CT molecular complexity index is 365. The van der Waals surface area contributed by atoms with Crippen molar-refractivity contribution in [3.05, 3.63) is 30.1 Å². The molecule has 4 nitrogen and oxygen atoms in total. The van der Waals surface area contributed by atoms with Crippen molar-refractivity contribution in [1.29, 1.82) is 0 Å². The highest BCUT2D eigenvalue weighted by atomic mass is 127. The van der Waals surface area contributed by atoms with Crippen LogP contribution in [0.2, 0.25) is 0 Å². The minimum Gasteiger partial charge on any atom is -0.356 e. The summed E-state index contributed by atoms with van der Waals surface area (Å²) in [7, 11) is 1.80. The van der Waals surface area contributed by atoms with Crippen LogP contribution >= 0.6 is 24.0 Å². The van der Waals surface area contributed by atoms with Crippen LogP contribution in [-0.4, -0.2) is 30.6 Å². The number of nitrogens with one attached hydrogen (secondary N) is 2. The van der Waals surface area contributed by atoms with Crippen molar-refractivity contribution in [3.63, 3.8) is 0 Å². The molecule has 1 heterocycles. The fourth-order valence-electron chi connectivity index (χ4n) is 1.45. The van der Waals surface area contributed by atoms with Crippen LogP contribution in [0, 0.1) is 5.92 Å². The Morgan fingerprint density at radius 1 is 1.37 bits per heavy atom. The third-order valence-corrected chi connectivity index (χ3v) is 3.02. The van der Waals surface area contributed by atoms with Crippen molar-refractivity contribution in [3.8, 4) is 0 Å². The molecule has 0 spiro atoms. The minimum atomic E-state index is 0. The molecule has 1 unspecified atom stereocenters. The van der Waals surface area contributed by atoms with Gasteiger partial charge in [0.2, 0.25) is 0 Å². The first-order valence-corrected chi connectivity index (χ1v) is 6.49. The molecule has 1 atom stereocenters. The van der Waals surface area contributed by atoms with Gasteiger partial charge in [-0.15, -0.1) is 24.0 Å². The van der Waals surface area contributed by atoms with Gasteiger partial charge in [0, 0.05) is 32.0 Å². The zero-order valence-corrected chi connectivity index (χ0v) is 14.5. The number of aliphatic imine (C=N–C) groups is 1. The number of halogens is 1. The highest BCUT2D eigenvalue weighted by Gasteiger charge is 2.08. The molecule has 0 amide bonds. The molecule has 0 bridgehead atoms. The van der Waals surface area contributed by atoms with Gasteiger partial charge in [0.15, 0.2) is 5.96 Å². The highest BCUT2D eigenvalue weighted by Crippen LogP contribution is 1.99. The van der Waals surface area contributed by atoms with Crippen LogP contribution < -0.4 is 10.6 Å². The SMILES string of the molecule is CN=C(NCCc1cccnc1)NC(C)C(C)C.I. The number of pyridine rings is 1. The van der Waals surface area contributed by atoms with Gasteiger partial charge in [0.25, 0.3) is 0 Å². The zero-order valence-electron chi connectivity index (χ0n) is 12.2. The summed E-state index contributed by atoms with van der Waals surface area (Å²) in [4.78, 5) is 8.32. The molecule has 1 aromatic rings. The smallest absolute Gasteiger partial charge is 0.191 e. The van der Waals surface area contributed by atoms with E-state index in [2.05, 4.69) is 47.4 Å². The molecule has 19 heavy (non-hydrogen) atoms. The van der Waals surface area contributed by atoms with Crippen LogP contribution in [0.1, 0.15) is 26.3 Å². The minimum absolute atomic E-state index is 0. The zero-order chi connectivity index (χ0) is 13.4. The molecule has 0 aromatic carbocycles. The van der Waals surface area contributed by atoms with E-state index < -0.39 is 0 Å². The maximum absolute atomic E-state index is 4.22. The molecule has 5 heteroatoms. The molecule has 0 radical (unpaired) electrons. The topological polar surface area (TPSA) is 49.3 Å². The van der Waals surface area contributed by atoms with E-state index in [0.717, 1.165) is 18.9 Å². The molecular formula is C14H25IN4. The summed E-state index contributed by atoms with van der Waals surface area (Å²) in [5.74, 6) is 1.45. The van der Waals surface area contributed by atoms with Crippen LogP contribution in [0.3, 0.4) is 0 Å². The lowest BCUT2D eigenvalue weighted by atomic mass is 10.1. The normalized spacial score (nSPS) is 12.8. The predicted molar refractivity (Wildman–Crippen MR) is 92.2 cm³/mol. The van der Waals surface area contributed by atoms with Gasteiger partial charge in [-0.1, -0.05) is 19.9 Å². The maximum Gasteiger partial charge on any atom is 0.191 e. The van der Waals surface area contributed by atoms with Gasteiger partial charge in [-0.3, -0.25) is 9.98 Å². The van der Waals surface area contributed by atoms with E-state index in [-0.39, 0.29) is 24.0 Å². The summed E-state index contributed by atoms with van der Waals surface area (Å²) in [5.41, 5.74) is 1.23. The van der Waals surface area contributed by atoms with Crippen LogP contribution in [0.25, 0.3) is 0 Å². The van der Waals surface area contributed by atoms with Crippen LogP contribution in [0.4, 0.5) is 0 Å². The molecule has 108 valence electrons. The van der Waals surface area contributed by atoms with Gasteiger partial charge in [-0.2, -0.15) is 0 Å². The van der Waals surface area contributed by atoms with Crippen molar-refractivity contribution < 1.29 is 0 Å². The molecule has 0 aliphatic carbocycles. The third-order valence-electron chi connectivity index (χ3n) is 3.02. The quantitative estimate of drug-likeness (QED) is 0.472. The maximum atomic E-state index is 4.22. The molecule has 0 aliphatic heterocycles. The highest BCUT2D eigenvalue weighted by molar-refractivity contribution is 14.0. The first-order valence-electron chi connectivity index (χ1n) is 6.49. The largest absolute Gasteiger partial charge is 0.356 e. The van der Waals surface area contributed by atoms with Crippen molar-refractivity contribution in [2.75, 3.05) is 13.6 Å². The van der Waals surface area contributed by atoms with Gasteiger partial charge in [0.05, 0.1) is 0 Å². The van der Waals surface area contributed by atoms with Crippen molar-refractivity contribution in [2.24, 2.45) is 10.9 Å². The van der Waals surface area contributed by atoms with Crippen LogP contribution in [0.5, 0.6) is 0 Å². The summed E-state index contributed by atoms with van der Waals surface area (Å²) < 4.78 is 0. The Morgan fingerprint density at radius 3 is 2.63 bits per heavy atom. The van der Waals surface area contributed by atoms with Gasteiger partial charge in [0.1, 0.15) is 0 Å². The standard InChI is InChI=1S/C14H24N4.HI/c1-11(2)12(3)18-14(15-4)17-9-7-13-6-5-8-16-10-13;/h5-6,8,10-12H,7,9H2,1-4H3,(H2,15,17,18);1H. The van der Waals surface area contributed by atoms with Crippen LogP contribution in [0.15, 0.2) is 29.5 Å². The molecule has 1 aromatic heterocycles. The lowest BCUT2D eigenvalue weighted by molar-refractivity contribution is 0.481. The lowest BCUT2D eigenvalue weighted by Gasteiger charge is -2.20. The first kappa shape index (κ1) is 18.1. The van der Waals surface area contributed by atoms with Crippen molar-refractivity contribution in [1.82, 2.24) is 15.6 Å². The molecular weight excluding hydrogens is 351 g/mol. The molecule has 0 aliphatic rings. The second kappa shape index (κ2) is 10.00. The molecule has 0 saturated heterocycles. The van der Waals surface area contributed by atoms with Crippen molar-refractivity contribution in [2.45, 2.75) is 33.2 Å². The van der Waals surface area contributed by atoms with E-state index in [0.29, 0.717) is 12.0 Å². The summed E-state index contributed by atoms with van der Waals surface area (Å²) >= 11 is 0. The third kappa shape index (κ3) is 7.34. The van der Waals surface area contributed by atoms with E-state index in [1.807, 2.05) is 12.3 Å². The number of nitrogens with zero attached hydrogens (tertiary/aromatic N) is 2. The molecule has 0 fully saturated rings. The summed E-state index contributed by atoms with van der Waals surface area (Å²) in [6.45, 7) is 7.41. The van der Waals surface area contributed by atoms with E-state index in [1.165, 1.54) is 5.56 Å². The number of hydrogen-bond acceptors (Lipinski definition) is 2. The Labute approximate surface area is 133 Å². The second-order valence-corrected chi connectivity index (χ2v) is 4.79. The fourth-order valence-corrected chi connectivity index (χ4v) is 1.45. The van der Waals surface area contributed by atoms with E-state index in [4.69, 9.17) is 0 Å². The monoisotopic (exact) mass is 376 g/mol. The average molecular weight is 376 g/mol. The van der Waals surface area contributed by atoms with Crippen molar-refractivity contribution >= 4 is 29.9 Å². The number of aromatic nitrogens is 1. The summed E-state index contributed by atoms with van der Waals surface area (Å²) in [6, 6.07) is 4.46. The van der Waals surface area contributed by atoms with Crippen LogP contribution in [-0.2, 0) is 6.42 Å². The van der Waals surface area contributed by atoms with Gasteiger partial charge >= 0.3 is 0 Å². The molecule has 0 saturated carbocycles. The molecule has 2 N–H and O–H groups in total. The van der Waals surface area contributed by atoms with Gasteiger partial charge in [-0.25, -0.2) is 0 Å². The Kier molecular flexibility index (Phi) is 9.55. The Hall–Kier alpha value is -0.850. The van der Waals surface area contributed by atoms with Gasteiger partial charge in [-0.05, 0) is 30.9 Å². The number of hydrogen-bond donors (Lipinski definition) is 2. The Morgan fingerprint density at radius 2 is 2.11 bits per heavy atom. The van der Waals surface area contributed by atoms with Gasteiger partial charge < -0.3 is 10.6 Å². The first-order chi connectivity index (χ1) is 8.63. The second-order valence-electron chi connectivity index (χ2n) is 4.79. The Balaban J connectivity index is 0.00000324. The van der Waals surface area contributed by atoms with E-state index in [1.54, 1.807) is 13.2 Å². The van der Waals surface area contributed by atoms with E-state index >= 15 is 0 Å². The lowest BCUT2D eigenvalue weighted by Crippen LogP contribution is -2.44. The summed E-state index contributed by atoms with van der Waals surface area (Å²) in [6.07, 6.45) is 4.64. The average Bonchev–Trinajstić information content (AvgIpc) is 2.38. The predicted octanol–water partition coefficient (Wildman–Crippen LogP) is 2.45. The fraction of sp³-hybridized carbons (Fsp3) is 0.571. The number of rotatable bonds is 5. The van der Waals surface area contributed by atoms with E-state index in [9.17, 15) is 0 Å². The summed E-state index contributed by atoms with van der Waals surface area (Å²) in [5, 5.41) is 6.69. The molecule has 1 rings (SSSR count). The number of guanidine groups is 1.